The lowest BCUT2D eigenvalue weighted by Crippen LogP contribution is -2.27. The van der Waals surface area contributed by atoms with Gasteiger partial charge in [-0.15, -0.1) is 0 Å². The molecule has 0 spiro atoms. The first kappa shape index (κ1) is 16.9. The molecule has 2 aromatic rings. The highest BCUT2D eigenvalue weighted by atomic mass is 16.5. The van der Waals surface area contributed by atoms with Crippen molar-refractivity contribution < 1.29 is 9.53 Å². The van der Waals surface area contributed by atoms with Crippen molar-refractivity contribution in [1.29, 1.82) is 0 Å². The number of methoxy groups -OCH3 is 1. The van der Waals surface area contributed by atoms with Crippen LogP contribution in [0, 0.1) is 0 Å². The van der Waals surface area contributed by atoms with Gasteiger partial charge in [0, 0.05) is 11.3 Å². The number of carbonyl (C=O) groups excluding carboxylic acids is 1. The number of nitrogens with zero attached hydrogens (tertiary/aromatic N) is 2. The zero-order valence-corrected chi connectivity index (χ0v) is 13.3. The molecule has 0 aliphatic rings. The molecule has 0 fully saturated rings. The first-order valence-corrected chi connectivity index (χ1v) is 7.10. The Bertz CT molecular complexity index is 805. The molecule has 5 N–H and O–H groups in total. The van der Waals surface area contributed by atoms with Crippen LogP contribution in [-0.4, -0.2) is 22.9 Å². The second-order valence-electron chi connectivity index (χ2n) is 4.77. The SMILES string of the molecule is C=C(/C=C(\C=C/N)c1ccnn1-c1ccccc1OC)NC(N)=O. The largest absolute Gasteiger partial charge is 0.494 e. The Hall–Kier alpha value is -3.48. The van der Waals surface area contributed by atoms with E-state index in [0.29, 0.717) is 17.0 Å². The van der Waals surface area contributed by atoms with E-state index in [1.165, 1.54) is 6.20 Å². The Morgan fingerprint density at radius 1 is 1.38 bits per heavy atom. The third kappa shape index (κ3) is 3.83. The highest BCUT2D eigenvalue weighted by molar-refractivity contribution is 5.78. The van der Waals surface area contributed by atoms with Gasteiger partial charge in [0.1, 0.15) is 11.4 Å². The molecule has 0 aliphatic carbocycles. The van der Waals surface area contributed by atoms with Gasteiger partial charge in [0.15, 0.2) is 0 Å². The summed E-state index contributed by atoms with van der Waals surface area (Å²) < 4.78 is 7.09. The number of benzene rings is 1. The fraction of sp³-hybridized carbons (Fsp3) is 0.0588. The van der Waals surface area contributed by atoms with Crippen LogP contribution in [0.15, 0.2) is 67.2 Å². The van der Waals surface area contributed by atoms with Crippen molar-refractivity contribution in [3.63, 3.8) is 0 Å². The molecule has 0 unspecified atom stereocenters. The third-order valence-corrected chi connectivity index (χ3v) is 3.14. The second kappa shape index (κ2) is 7.68. The van der Waals surface area contributed by atoms with Crippen molar-refractivity contribution >= 4 is 11.6 Å². The molecular weight excluding hydrogens is 306 g/mol. The highest BCUT2D eigenvalue weighted by Crippen LogP contribution is 2.26. The predicted molar refractivity (Wildman–Crippen MR) is 93.3 cm³/mol. The number of para-hydroxylation sites is 2. The van der Waals surface area contributed by atoms with E-state index in [1.54, 1.807) is 30.1 Å². The summed E-state index contributed by atoms with van der Waals surface area (Å²) in [5.74, 6) is 0.674. The molecule has 7 nitrogen and oxygen atoms in total. The van der Waals surface area contributed by atoms with E-state index in [4.69, 9.17) is 16.2 Å². The smallest absolute Gasteiger partial charge is 0.316 e. The van der Waals surface area contributed by atoms with Gasteiger partial charge in [0.25, 0.3) is 0 Å². The summed E-state index contributed by atoms with van der Waals surface area (Å²) in [6.45, 7) is 3.75. The maximum absolute atomic E-state index is 11.0. The molecule has 2 amide bonds. The first-order valence-electron chi connectivity index (χ1n) is 7.10. The van der Waals surface area contributed by atoms with Gasteiger partial charge in [0.05, 0.1) is 19.0 Å². The van der Waals surface area contributed by atoms with E-state index in [1.807, 2.05) is 30.3 Å². The number of nitrogens with one attached hydrogen (secondary N) is 1. The van der Waals surface area contributed by atoms with E-state index in [-0.39, 0.29) is 0 Å². The summed E-state index contributed by atoms with van der Waals surface area (Å²) in [4.78, 5) is 11.0. The molecule has 24 heavy (non-hydrogen) atoms. The molecule has 0 atom stereocenters. The first-order chi connectivity index (χ1) is 11.6. The fourth-order valence-electron chi connectivity index (χ4n) is 2.21. The lowest BCUT2D eigenvalue weighted by molar-refractivity contribution is 0.251. The Labute approximate surface area is 139 Å². The Balaban J connectivity index is 2.51. The van der Waals surface area contributed by atoms with Crippen molar-refractivity contribution in [2.75, 3.05) is 7.11 Å². The van der Waals surface area contributed by atoms with Gasteiger partial charge in [-0.3, -0.25) is 0 Å². The summed E-state index contributed by atoms with van der Waals surface area (Å²) >= 11 is 0. The Morgan fingerprint density at radius 3 is 2.79 bits per heavy atom. The lowest BCUT2D eigenvalue weighted by atomic mass is 10.1. The van der Waals surface area contributed by atoms with Crippen LogP contribution in [0.1, 0.15) is 5.69 Å². The number of hydrogen-bond donors (Lipinski definition) is 3. The molecule has 0 saturated heterocycles. The lowest BCUT2D eigenvalue weighted by Gasteiger charge is -2.12. The topological polar surface area (TPSA) is 108 Å². The van der Waals surface area contributed by atoms with Gasteiger partial charge in [-0.2, -0.15) is 5.10 Å². The number of allylic oxidation sites excluding steroid dienone is 3. The number of hydrogen-bond acceptors (Lipinski definition) is 4. The van der Waals surface area contributed by atoms with Gasteiger partial charge in [-0.25, -0.2) is 9.48 Å². The van der Waals surface area contributed by atoms with Crippen LogP contribution in [0.25, 0.3) is 11.3 Å². The Morgan fingerprint density at radius 2 is 2.12 bits per heavy atom. The van der Waals surface area contributed by atoms with Crippen LogP contribution in [0.5, 0.6) is 5.75 Å². The minimum Gasteiger partial charge on any atom is -0.494 e. The third-order valence-electron chi connectivity index (χ3n) is 3.14. The summed E-state index contributed by atoms with van der Waals surface area (Å²) in [7, 11) is 1.59. The van der Waals surface area contributed by atoms with Gasteiger partial charge in [-0.1, -0.05) is 18.7 Å². The number of carbonyl (C=O) groups is 1. The summed E-state index contributed by atoms with van der Waals surface area (Å²) in [5, 5.41) is 6.76. The van der Waals surface area contributed by atoms with E-state index in [0.717, 1.165) is 11.4 Å². The van der Waals surface area contributed by atoms with Crippen LogP contribution in [0.3, 0.4) is 0 Å². The quantitative estimate of drug-likeness (QED) is 0.705. The minimum atomic E-state index is -0.689. The van der Waals surface area contributed by atoms with Gasteiger partial charge in [0.2, 0.25) is 0 Å². The van der Waals surface area contributed by atoms with Crippen LogP contribution in [-0.2, 0) is 0 Å². The second-order valence-corrected chi connectivity index (χ2v) is 4.77. The van der Waals surface area contributed by atoms with Crippen molar-refractivity contribution in [2.24, 2.45) is 11.5 Å². The van der Waals surface area contributed by atoms with Crippen LogP contribution in [0.2, 0.25) is 0 Å². The van der Waals surface area contributed by atoms with Crippen molar-refractivity contribution in [3.05, 3.63) is 72.9 Å². The molecule has 0 bridgehead atoms. The van der Waals surface area contributed by atoms with E-state index in [2.05, 4.69) is 17.0 Å². The summed E-state index contributed by atoms with van der Waals surface area (Å²) in [5.41, 5.74) is 13.2. The van der Waals surface area contributed by atoms with Crippen LogP contribution >= 0.6 is 0 Å². The standard InChI is InChI=1S/C17H19N5O2/c1-12(21-17(19)23)11-13(7-9-18)14-8-10-20-22(14)15-5-3-4-6-16(15)24-2/h3-11H,1,18H2,2H3,(H3,19,21,23)/b9-7-,13-11+. The number of primary amides is 1. The van der Waals surface area contributed by atoms with Crippen molar-refractivity contribution in [3.8, 4) is 11.4 Å². The van der Waals surface area contributed by atoms with E-state index in [9.17, 15) is 4.79 Å². The zero-order valence-electron chi connectivity index (χ0n) is 13.3. The normalized spacial score (nSPS) is 11.5. The minimum absolute atomic E-state index is 0.336. The summed E-state index contributed by atoms with van der Waals surface area (Å²) in [6, 6.07) is 8.62. The number of amides is 2. The average molecular weight is 325 g/mol. The Kier molecular flexibility index (Phi) is 5.40. The van der Waals surface area contributed by atoms with E-state index >= 15 is 0 Å². The van der Waals surface area contributed by atoms with Crippen LogP contribution < -0.4 is 21.5 Å². The molecule has 1 aromatic heterocycles. The van der Waals surface area contributed by atoms with Crippen molar-refractivity contribution in [1.82, 2.24) is 15.1 Å². The molecular formula is C17H19N5O2. The predicted octanol–water partition coefficient (Wildman–Crippen LogP) is 1.92. The molecule has 2 rings (SSSR count). The highest BCUT2D eigenvalue weighted by Gasteiger charge is 2.12. The molecule has 0 aliphatic heterocycles. The number of urea groups is 1. The maximum atomic E-state index is 11.0. The maximum Gasteiger partial charge on any atom is 0.316 e. The number of nitrogens with two attached hydrogens (primary N) is 2. The molecule has 1 heterocycles. The molecule has 7 heteroatoms. The number of ether oxygens (including phenoxy) is 1. The van der Waals surface area contributed by atoms with E-state index < -0.39 is 6.03 Å². The van der Waals surface area contributed by atoms with Gasteiger partial charge >= 0.3 is 6.03 Å². The fourth-order valence-corrected chi connectivity index (χ4v) is 2.21. The molecule has 124 valence electrons. The molecule has 0 radical (unpaired) electrons. The van der Waals surface area contributed by atoms with Crippen molar-refractivity contribution in [2.45, 2.75) is 0 Å². The summed E-state index contributed by atoms with van der Waals surface area (Å²) in [6.07, 6.45) is 6.38. The average Bonchev–Trinajstić information content (AvgIpc) is 3.03. The van der Waals surface area contributed by atoms with Crippen LogP contribution in [0.4, 0.5) is 4.79 Å². The van der Waals surface area contributed by atoms with Gasteiger partial charge in [-0.05, 0) is 36.6 Å². The monoisotopic (exact) mass is 325 g/mol. The van der Waals surface area contributed by atoms with Gasteiger partial charge < -0.3 is 21.5 Å². The molecule has 0 saturated carbocycles. The number of aromatic nitrogens is 2. The molecule has 1 aromatic carbocycles. The zero-order chi connectivity index (χ0) is 17.5. The number of rotatable bonds is 6.